The number of ether oxygens (including phenoxy) is 2. The molecule has 0 aromatic heterocycles. The Kier molecular flexibility index (Phi) is 8.75. The van der Waals surface area contributed by atoms with Gasteiger partial charge in [0.2, 0.25) is 0 Å². The maximum Gasteiger partial charge on any atom is 0.175 e. The second-order valence-corrected chi connectivity index (χ2v) is 10.2. The Morgan fingerprint density at radius 3 is 2.35 bits per heavy atom. The van der Waals surface area contributed by atoms with E-state index in [0.717, 1.165) is 45.1 Å². The minimum absolute atomic E-state index is 0.229. The van der Waals surface area contributed by atoms with Crippen molar-refractivity contribution in [2.75, 3.05) is 30.4 Å². The normalized spacial score (nSPS) is 13.6. The fourth-order valence-corrected chi connectivity index (χ4v) is 5.45. The van der Waals surface area contributed by atoms with Gasteiger partial charge in [-0.25, -0.2) is 0 Å². The molecule has 1 aliphatic heterocycles. The van der Waals surface area contributed by atoms with Gasteiger partial charge in [0.15, 0.2) is 11.5 Å². The van der Waals surface area contributed by atoms with Crippen LogP contribution in [-0.2, 0) is 13.2 Å². The van der Waals surface area contributed by atoms with Crippen molar-refractivity contribution in [3.8, 4) is 11.5 Å². The molecule has 1 fully saturated rings. The van der Waals surface area contributed by atoms with E-state index in [1.807, 2.05) is 18.2 Å². The summed E-state index contributed by atoms with van der Waals surface area (Å²) in [6.45, 7) is 2.97. The molecule has 4 rings (SSSR count). The number of hydrogen-bond donors (Lipinski definition) is 1. The van der Waals surface area contributed by atoms with E-state index in [1.165, 1.54) is 19.3 Å². The molecule has 3 aromatic rings. The lowest BCUT2D eigenvalue weighted by atomic mass is 10.1. The van der Waals surface area contributed by atoms with Gasteiger partial charge in [-0.2, -0.15) is 0 Å². The molecule has 0 saturated carbocycles. The van der Waals surface area contributed by atoms with Gasteiger partial charge in [-0.3, -0.25) is 0 Å². The van der Waals surface area contributed by atoms with Crippen LogP contribution in [0.1, 0.15) is 30.4 Å². The zero-order chi connectivity index (χ0) is 24.1. The second kappa shape index (κ2) is 11.8. The number of anilines is 2. The molecule has 0 aliphatic carbocycles. The molecular weight excluding hydrogens is 559 g/mol. The highest BCUT2D eigenvalue weighted by Gasteiger charge is 2.16. The summed E-state index contributed by atoms with van der Waals surface area (Å²) in [7, 11) is 1.62. The van der Waals surface area contributed by atoms with Gasteiger partial charge in [0.1, 0.15) is 6.61 Å². The predicted octanol–water partition coefficient (Wildman–Crippen LogP) is 8.60. The highest BCUT2D eigenvalue weighted by molar-refractivity contribution is 9.10. The van der Waals surface area contributed by atoms with Crippen LogP contribution in [0.5, 0.6) is 11.5 Å². The van der Waals surface area contributed by atoms with Gasteiger partial charge in [-0.1, -0.05) is 40.9 Å². The average Bonchev–Trinajstić information content (AvgIpc) is 2.83. The number of methoxy groups -OCH3 is 1. The first-order chi connectivity index (χ1) is 16.5. The van der Waals surface area contributed by atoms with Crippen molar-refractivity contribution < 1.29 is 9.47 Å². The van der Waals surface area contributed by atoms with Crippen LogP contribution in [0.3, 0.4) is 0 Å². The summed E-state index contributed by atoms with van der Waals surface area (Å²) in [5, 5.41) is 5.35. The number of nitrogens with one attached hydrogen (secondary N) is 1. The molecule has 1 saturated heterocycles. The van der Waals surface area contributed by atoms with E-state index in [9.17, 15) is 0 Å². The Bertz CT molecular complexity index is 1130. The van der Waals surface area contributed by atoms with Gasteiger partial charge in [0, 0.05) is 40.9 Å². The largest absolute Gasteiger partial charge is 0.493 e. The fourth-order valence-electron chi connectivity index (χ4n) is 4.04. The first kappa shape index (κ1) is 25.3. The predicted molar refractivity (Wildman–Crippen MR) is 146 cm³/mol. The molecule has 8 heteroatoms. The third-order valence-corrected chi connectivity index (χ3v) is 7.45. The van der Waals surface area contributed by atoms with Crippen molar-refractivity contribution in [1.82, 2.24) is 0 Å². The summed E-state index contributed by atoms with van der Waals surface area (Å²) in [4.78, 5) is 2.37. The number of piperidine rings is 1. The van der Waals surface area contributed by atoms with Gasteiger partial charge in [-0.15, -0.1) is 0 Å². The van der Waals surface area contributed by atoms with E-state index in [4.69, 9.17) is 44.3 Å². The molecule has 0 spiro atoms. The molecule has 1 aliphatic rings. The number of hydrogen-bond acceptors (Lipinski definition) is 4. The van der Waals surface area contributed by atoms with Gasteiger partial charge < -0.3 is 19.7 Å². The summed E-state index contributed by atoms with van der Waals surface area (Å²) in [6.07, 6.45) is 3.74. The quantitative estimate of drug-likeness (QED) is 0.288. The zero-order valence-electron chi connectivity index (χ0n) is 18.8. The zero-order valence-corrected chi connectivity index (χ0v) is 22.7. The van der Waals surface area contributed by atoms with Gasteiger partial charge in [-0.05, 0) is 83.2 Å². The van der Waals surface area contributed by atoms with E-state index in [1.54, 1.807) is 25.3 Å². The van der Waals surface area contributed by atoms with Crippen molar-refractivity contribution in [1.29, 1.82) is 0 Å². The van der Waals surface area contributed by atoms with Crippen LogP contribution in [0.2, 0.25) is 15.1 Å². The van der Waals surface area contributed by atoms with Crippen molar-refractivity contribution in [3.05, 3.63) is 79.2 Å². The van der Waals surface area contributed by atoms with Crippen molar-refractivity contribution in [2.24, 2.45) is 0 Å². The molecule has 0 unspecified atom stereocenters. The van der Waals surface area contributed by atoms with E-state index in [-0.39, 0.29) is 6.61 Å². The fraction of sp³-hybridized carbons (Fsp3) is 0.308. The lowest BCUT2D eigenvalue weighted by Crippen LogP contribution is -2.29. The molecule has 1 heterocycles. The Morgan fingerprint density at radius 1 is 0.941 bits per heavy atom. The molecule has 0 amide bonds. The van der Waals surface area contributed by atoms with Crippen LogP contribution in [0.15, 0.2) is 53.0 Å². The van der Waals surface area contributed by atoms with Gasteiger partial charge in [0.25, 0.3) is 0 Å². The van der Waals surface area contributed by atoms with Crippen LogP contribution >= 0.6 is 50.7 Å². The van der Waals surface area contributed by atoms with Crippen LogP contribution in [-0.4, -0.2) is 20.2 Å². The Hall–Kier alpha value is -1.79. The smallest absolute Gasteiger partial charge is 0.175 e. The monoisotopic (exact) mass is 582 g/mol. The van der Waals surface area contributed by atoms with Gasteiger partial charge >= 0.3 is 0 Å². The maximum absolute atomic E-state index is 6.60. The summed E-state index contributed by atoms with van der Waals surface area (Å²) in [6, 6.07) is 15.5. The molecule has 0 bridgehead atoms. The molecule has 34 heavy (non-hydrogen) atoms. The third kappa shape index (κ3) is 6.06. The molecule has 3 aromatic carbocycles. The molecule has 0 atom stereocenters. The average molecular weight is 585 g/mol. The van der Waals surface area contributed by atoms with Crippen LogP contribution < -0.4 is 19.7 Å². The standard InChI is InChI=1S/C26H26BrCl3N2O2/c1-33-25-13-17(12-20(27)26(25)34-16-19-21(28)6-5-7-22(19)29)15-31-18-8-9-24(23(30)14-18)32-10-3-2-4-11-32/h5-9,12-14,31H,2-4,10-11,15-16H2,1H3. The first-order valence-corrected chi connectivity index (χ1v) is 13.1. The molecule has 180 valence electrons. The van der Waals surface area contributed by atoms with Crippen LogP contribution in [0.25, 0.3) is 0 Å². The summed E-state index contributed by atoms with van der Waals surface area (Å²) in [5.74, 6) is 1.21. The van der Waals surface area contributed by atoms with Crippen molar-refractivity contribution >= 4 is 62.1 Å². The van der Waals surface area contributed by atoms with Crippen LogP contribution in [0, 0.1) is 0 Å². The molecule has 0 radical (unpaired) electrons. The summed E-state index contributed by atoms with van der Waals surface area (Å²) < 4.78 is 12.4. The highest BCUT2D eigenvalue weighted by atomic mass is 79.9. The Balaban J connectivity index is 1.44. The molecular formula is C26H26BrCl3N2O2. The Morgan fingerprint density at radius 2 is 1.68 bits per heavy atom. The minimum Gasteiger partial charge on any atom is -0.493 e. The second-order valence-electron chi connectivity index (χ2n) is 8.17. The molecule has 4 nitrogen and oxygen atoms in total. The van der Waals surface area contributed by atoms with Crippen molar-refractivity contribution in [3.63, 3.8) is 0 Å². The first-order valence-electron chi connectivity index (χ1n) is 11.2. The van der Waals surface area contributed by atoms with Crippen LogP contribution in [0.4, 0.5) is 11.4 Å². The lowest BCUT2D eigenvalue weighted by molar-refractivity contribution is 0.282. The number of benzene rings is 3. The number of nitrogens with zero attached hydrogens (tertiary/aromatic N) is 1. The maximum atomic E-state index is 6.60. The number of halogens is 4. The summed E-state index contributed by atoms with van der Waals surface area (Å²) >= 11 is 22.8. The van der Waals surface area contributed by atoms with E-state index >= 15 is 0 Å². The van der Waals surface area contributed by atoms with E-state index in [0.29, 0.717) is 28.1 Å². The number of rotatable bonds is 8. The molecule has 1 N–H and O–H groups in total. The third-order valence-electron chi connectivity index (χ3n) is 5.85. The highest BCUT2D eigenvalue weighted by Crippen LogP contribution is 2.38. The van der Waals surface area contributed by atoms with Crippen molar-refractivity contribution in [2.45, 2.75) is 32.4 Å². The topological polar surface area (TPSA) is 33.7 Å². The minimum atomic E-state index is 0.229. The van der Waals surface area contributed by atoms with Gasteiger partial charge in [0.05, 0.1) is 22.3 Å². The Labute approximate surface area is 224 Å². The lowest BCUT2D eigenvalue weighted by Gasteiger charge is -2.29. The SMILES string of the molecule is COc1cc(CNc2ccc(N3CCCCC3)c(Cl)c2)cc(Br)c1OCc1c(Cl)cccc1Cl. The van der Waals surface area contributed by atoms with E-state index in [2.05, 4.69) is 38.3 Å². The summed E-state index contributed by atoms with van der Waals surface area (Å²) in [5.41, 5.74) is 3.84. The van der Waals surface area contributed by atoms with E-state index < -0.39 is 0 Å².